The predicted molar refractivity (Wildman–Crippen MR) is 68.5 cm³/mol. The normalized spacial score (nSPS) is 32.6. The zero-order valence-electron chi connectivity index (χ0n) is 11.2. The van der Waals surface area contributed by atoms with Crippen molar-refractivity contribution in [2.45, 2.75) is 76.7 Å². The fourth-order valence-electron chi connectivity index (χ4n) is 2.03. The molecule has 0 radical (unpaired) electrons. The van der Waals surface area contributed by atoms with Crippen LogP contribution in [-0.4, -0.2) is 20.0 Å². The zero-order chi connectivity index (χ0) is 11.9. The molecule has 0 saturated heterocycles. The molecule has 0 aliphatic heterocycles. The van der Waals surface area contributed by atoms with Gasteiger partial charge in [-0.05, 0) is 37.4 Å². The zero-order valence-corrected chi connectivity index (χ0v) is 12.2. The molecule has 0 bridgehead atoms. The van der Waals surface area contributed by atoms with Gasteiger partial charge in [0, 0.05) is 6.04 Å². The summed E-state index contributed by atoms with van der Waals surface area (Å²) in [5, 5.41) is 0.300. The minimum absolute atomic E-state index is 0.114. The minimum atomic E-state index is -1.62. The summed E-state index contributed by atoms with van der Waals surface area (Å²) in [6.45, 7) is 13.8. The quantitative estimate of drug-likeness (QED) is 0.754. The summed E-state index contributed by atoms with van der Waals surface area (Å²) >= 11 is 0. The van der Waals surface area contributed by atoms with Crippen LogP contribution in [0, 0.1) is 0 Å². The van der Waals surface area contributed by atoms with E-state index in [9.17, 15) is 0 Å². The second-order valence-corrected chi connectivity index (χ2v) is 11.3. The van der Waals surface area contributed by atoms with E-state index in [0.29, 0.717) is 11.1 Å². The summed E-state index contributed by atoms with van der Waals surface area (Å²) in [6, 6.07) is 0.370. The first kappa shape index (κ1) is 13.2. The Balaban J connectivity index is 2.68. The van der Waals surface area contributed by atoms with Crippen molar-refractivity contribution in [1.29, 1.82) is 0 Å². The smallest absolute Gasteiger partial charge is 0.192 e. The number of hydrogen-bond acceptors (Lipinski definition) is 2. The third-order valence-corrected chi connectivity index (χ3v) is 8.75. The lowest BCUT2D eigenvalue weighted by molar-refractivity contribution is -0.0363. The molecule has 15 heavy (non-hydrogen) atoms. The minimum Gasteiger partial charge on any atom is -0.411 e. The first-order valence-electron chi connectivity index (χ1n) is 6.08. The van der Waals surface area contributed by atoms with E-state index in [-0.39, 0.29) is 5.60 Å². The van der Waals surface area contributed by atoms with Crippen molar-refractivity contribution >= 4 is 8.32 Å². The molecule has 0 spiro atoms. The van der Waals surface area contributed by atoms with Gasteiger partial charge in [0.05, 0.1) is 5.60 Å². The topological polar surface area (TPSA) is 35.2 Å². The van der Waals surface area contributed by atoms with Crippen molar-refractivity contribution < 1.29 is 4.43 Å². The summed E-state index contributed by atoms with van der Waals surface area (Å²) in [7, 11) is -1.62. The van der Waals surface area contributed by atoms with Crippen molar-refractivity contribution in [1.82, 2.24) is 0 Å². The van der Waals surface area contributed by atoms with Crippen molar-refractivity contribution in [3.63, 3.8) is 0 Å². The van der Waals surface area contributed by atoms with Crippen LogP contribution in [0.15, 0.2) is 0 Å². The van der Waals surface area contributed by atoms with Gasteiger partial charge in [-0.1, -0.05) is 27.7 Å². The van der Waals surface area contributed by atoms with Gasteiger partial charge in [-0.2, -0.15) is 0 Å². The van der Waals surface area contributed by atoms with Gasteiger partial charge in [0.15, 0.2) is 8.32 Å². The van der Waals surface area contributed by atoms with Gasteiger partial charge in [0.2, 0.25) is 0 Å². The maximum atomic E-state index is 6.50. The Labute approximate surface area is 95.7 Å². The Morgan fingerprint density at radius 3 is 2.07 bits per heavy atom. The molecule has 1 aliphatic rings. The van der Waals surface area contributed by atoms with E-state index in [1.807, 2.05) is 0 Å². The highest BCUT2D eigenvalue weighted by Crippen LogP contribution is 2.46. The number of rotatable bonds is 3. The maximum absolute atomic E-state index is 6.50. The molecule has 0 atom stereocenters. The Bertz CT molecular complexity index is 226. The summed E-state index contributed by atoms with van der Waals surface area (Å²) < 4.78 is 6.50. The van der Waals surface area contributed by atoms with Crippen LogP contribution in [0.5, 0.6) is 0 Å². The van der Waals surface area contributed by atoms with Gasteiger partial charge < -0.3 is 10.2 Å². The monoisotopic (exact) mass is 229 g/mol. The molecule has 1 rings (SSSR count). The highest BCUT2D eigenvalue weighted by molar-refractivity contribution is 6.74. The molecule has 1 aliphatic carbocycles. The summed E-state index contributed by atoms with van der Waals surface area (Å²) in [5.41, 5.74) is 6.01. The maximum Gasteiger partial charge on any atom is 0.192 e. The summed E-state index contributed by atoms with van der Waals surface area (Å²) in [6.07, 6.45) is 3.21. The fraction of sp³-hybridized carbons (Fsp3) is 1.00. The molecule has 0 amide bonds. The average molecular weight is 229 g/mol. The van der Waals surface area contributed by atoms with Crippen LogP contribution in [0.25, 0.3) is 0 Å². The van der Waals surface area contributed by atoms with Gasteiger partial charge in [0.25, 0.3) is 0 Å². The second-order valence-electron chi connectivity index (χ2n) is 6.57. The third kappa shape index (κ3) is 2.63. The van der Waals surface area contributed by atoms with Crippen LogP contribution in [0.1, 0.15) is 47.0 Å². The van der Waals surface area contributed by atoms with E-state index < -0.39 is 8.32 Å². The van der Waals surface area contributed by atoms with E-state index in [2.05, 4.69) is 40.8 Å². The van der Waals surface area contributed by atoms with E-state index in [1.165, 1.54) is 0 Å². The Kier molecular flexibility index (Phi) is 3.40. The molecule has 1 fully saturated rings. The molecule has 0 aromatic carbocycles. The van der Waals surface area contributed by atoms with Crippen molar-refractivity contribution in [3.8, 4) is 0 Å². The molecule has 0 unspecified atom stereocenters. The Hall–Kier alpha value is 0.137. The molecule has 1 saturated carbocycles. The van der Waals surface area contributed by atoms with Crippen LogP contribution >= 0.6 is 0 Å². The first-order chi connectivity index (χ1) is 6.62. The molecular formula is C12H27NOSi. The van der Waals surface area contributed by atoms with Crippen molar-refractivity contribution in [3.05, 3.63) is 0 Å². The molecule has 2 N–H and O–H groups in total. The standard InChI is InChI=1S/C12H27NOSi/c1-7-12(8-10(13)9-12)14-15(5,6)11(2,3)4/h10H,7-9,13H2,1-6H3. The second kappa shape index (κ2) is 3.86. The molecule has 3 heteroatoms. The third-order valence-electron chi connectivity index (χ3n) is 4.19. The van der Waals surface area contributed by atoms with Crippen LogP contribution < -0.4 is 5.73 Å². The largest absolute Gasteiger partial charge is 0.411 e. The van der Waals surface area contributed by atoms with Crippen LogP contribution in [0.4, 0.5) is 0 Å². The highest BCUT2D eigenvalue weighted by atomic mass is 28.4. The number of nitrogens with two attached hydrogens (primary N) is 1. The molecule has 2 nitrogen and oxygen atoms in total. The lowest BCUT2D eigenvalue weighted by Gasteiger charge is -2.52. The molecule has 0 aromatic rings. The van der Waals surface area contributed by atoms with Crippen LogP contribution in [-0.2, 0) is 4.43 Å². The SMILES string of the molecule is CCC1(O[Si](C)(C)C(C)(C)C)CC(N)C1. The summed E-state index contributed by atoms with van der Waals surface area (Å²) in [5.74, 6) is 0. The lowest BCUT2D eigenvalue weighted by Crippen LogP contribution is -2.59. The average Bonchev–Trinajstić information content (AvgIpc) is 1.98. The van der Waals surface area contributed by atoms with E-state index in [0.717, 1.165) is 19.3 Å². The molecule has 0 aromatic heterocycles. The van der Waals surface area contributed by atoms with Gasteiger partial charge in [0.1, 0.15) is 0 Å². The van der Waals surface area contributed by atoms with Crippen LogP contribution in [0.2, 0.25) is 18.1 Å². The lowest BCUT2D eigenvalue weighted by atomic mass is 9.75. The molecule has 90 valence electrons. The van der Waals surface area contributed by atoms with Crippen LogP contribution in [0.3, 0.4) is 0 Å². The Morgan fingerprint density at radius 2 is 1.80 bits per heavy atom. The van der Waals surface area contributed by atoms with E-state index >= 15 is 0 Å². The predicted octanol–water partition coefficient (Wildman–Crippen LogP) is 3.28. The van der Waals surface area contributed by atoms with E-state index in [1.54, 1.807) is 0 Å². The van der Waals surface area contributed by atoms with E-state index in [4.69, 9.17) is 10.2 Å². The highest BCUT2D eigenvalue weighted by Gasteiger charge is 2.49. The molecule has 0 heterocycles. The van der Waals surface area contributed by atoms with Crippen molar-refractivity contribution in [2.24, 2.45) is 5.73 Å². The van der Waals surface area contributed by atoms with Crippen molar-refractivity contribution in [2.75, 3.05) is 0 Å². The summed E-state index contributed by atoms with van der Waals surface area (Å²) in [4.78, 5) is 0. The first-order valence-corrected chi connectivity index (χ1v) is 8.98. The van der Waals surface area contributed by atoms with Gasteiger partial charge in [-0.3, -0.25) is 0 Å². The fourth-order valence-corrected chi connectivity index (χ4v) is 3.73. The van der Waals surface area contributed by atoms with Gasteiger partial charge in [-0.15, -0.1) is 0 Å². The molecular weight excluding hydrogens is 202 g/mol. The van der Waals surface area contributed by atoms with Gasteiger partial charge >= 0.3 is 0 Å². The Morgan fingerprint density at radius 1 is 1.33 bits per heavy atom. The number of hydrogen-bond donors (Lipinski definition) is 1. The van der Waals surface area contributed by atoms with Gasteiger partial charge in [-0.25, -0.2) is 0 Å².